The van der Waals surface area contributed by atoms with E-state index in [-0.39, 0.29) is 5.69 Å². The second-order valence-electron chi connectivity index (χ2n) is 2.56. The van der Waals surface area contributed by atoms with Crippen LogP contribution in [0.3, 0.4) is 0 Å². The molecule has 13 heavy (non-hydrogen) atoms. The molecule has 0 bridgehead atoms. The normalized spacial score (nSPS) is 10.5. The van der Waals surface area contributed by atoms with Crippen molar-refractivity contribution >= 4 is 16.6 Å². The van der Waals surface area contributed by atoms with Gasteiger partial charge in [0.25, 0.3) is 5.69 Å². The van der Waals surface area contributed by atoms with E-state index in [2.05, 4.69) is 5.10 Å². The van der Waals surface area contributed by atoms with Crippen LogP contribution in [0.2, 0.25) is 0 Å². The summed E-state index contributed by atoms with van der Waals surface area (Å²) < 4.78 is 0. The van der Waals surface area contributed by atoms with Crippen LogP contribution in [-0.4, -0.2) is 14.8 Å². The fourth-order valence-electron chi connectivity index (χ4n) is 1.23. The molecule has 0 radical (unpaired) electrons. The zero-order valence-electron chi connectivity index (χ0n) is 6.54. The fraction of sp³-hybridized carbons (Fsp3) is 0. The lowest BCUT2D eigenvalue weighted by Gasteiger charge is -1.95. The van der Waals surface area contributed by atoms with Crippen molar-refractivity contribution in [2.45, 2.75) is 0 Å². The van der Waals surface area contributed by atoms with Crippen LogP contribution in [0.15, 0.2) is 24.4 Å². The van der Waals surface area contributed by atoms with E-state index in [1.54, 1.807) is 12.1 Å². The Kier molecular flexibility index (Phi) is 1.42. The second kappa shape index (κ2) is 2.44. The van der Waals surface area contributed by atoms with E-state index >= 15 is 0 Å². The highest BCUT2D eigenvalue weighted by Crippen LogP contribution is 2.23. The molecule has 1 aromatic carbocycles. The van der Waals surface area contributed by atoms with Crippen LogP contribution in [0.5, 0.6) is 0 Å². The van der Waals surface area contributed by atoms with Crippen LogP contribution < -0.4 is 5.84 Å². The third-order valence-corrected chi connectivity index (χ3v) is 1.79. The van der Waals surface area contributed by atoms with Crippen molar-refractivity contribution in [1.82, 2.24) is 9.89 Å². The van der Waals surface area contributed by atoms with E-state index in [0.717, 1.165) is 4.79 Å². The molecular weight excluding hydrogens is 172 g/mol. The number of nitro groups is 1. The predicted molar refractivity (Wildman–Crippen MR) is 46.5 cm³/mol. The lowest BCUT2D eigenvalue weighted by atomic mass is 10.2. The molecule has 0 spiro atoms. The molecule has 1 aromatic heterocycles. The van der Waals surface area contributed by atoms with Gasteiger partial charge in [-0.05, 0) is 0 Å². The highest BCUT2D eigenvalue weighted by Gasteiger charge is 2.14. The Morgan fingerprint density at radius 1 is 1.54 bits per heavy atom. The highest BCUT2D eigenvalue weighted by molar-refractivity contribution is 5.87. The number of non-ortho nitro benzene ring substituents is 1. The third kappa shape index (κ3) is 0.994. The van der Waals surface area contributed by atoms with Gasteiger partial charge in [-0.3, -0.25) is 10.1 Å². The number of fused-ring (bicyclic) bond motifs is 1. The van der Waals surface area contributed by atoms with Gasteiger partial charge in [0.1, 0.15) is 0 Å². The summed E-state index contributed by atoms with van der Waals surface area (Å²) in [7, 11) is 0. The summed E-state index contributed by atoms with van der Waals surface area (Å²) in [4.78, 5) is 11.1. The van der Waals surface area contributed by atoms with Gasteiger partial charge in [0.15, 0.2) is 5.52 Å². The van der Waals surface area contributed by atoms with E-state index in [1.807, 2.05) is 0 Å². The zero-order valence-corrected chi connectivity index (χ0v) is 6.54. The van der Waals surface area contributed by atoms with Crippen LogP contribution in [-0.2, 0) is 0 Å². The highest BCUT2D eigenvalue weighted by atomic mass is 16.6. The molecular formula is C7H6N4O2. The Balaban J connectivity index is 2.88. The molecule has 0 aliphatic carbocycles. The minimum Gasteiger partial charge on any atom is -0.322 e. The quantitative estimate of drug-likeness (QED) is 0.394. The number of nitrogens with zero attached hydrogens (tertiary/aromatic N) is 3. The zero-order chi connectivity index (χ0) is 9.42. The molecule has 2 aromatic rings. The molecule has 0 aliphatic heterocycles. The van der Waals surface area contributed by atoms with E-state index in [9.17, 15) is 10.1 Å². The van der Waals surface area contributed by atoms with Gasteiger partial charge >= 0.3 is 0 Å². The summed E-state index contributed by atoms with van der Waals surface area (Å²) in [6.45, 7) is 0. The topological polar surface area (TPSA) is 87.0 Å². The van der Waals surface area contributed by atoms with Crippen LogP contribution in [0.25, 0.3) is 10.9 Å². The molecule has 0 atom stereocenters. The van der Waals surface area contributed by atoms with Gasteiger partial charge in [-0.25, -0.2) is 0 Å². The van der Waals surface area contributed by atoms with Crippen LogP contribution >= 0.6 is 0 Å². The summed E-state index contributed by atoms with van der Waals surface area (Å²) in [5, 5.41) is 15.0. The minimum absolute atomic E-state index is 0.0301. The van der Waals surface area contributed by atoms with Crippen LogP contribution in [0.1, 0.15) is 0 Å². The maximum absolute atomic E-state index is 10.6. The Labute approximate surface area is 72.7 Å². The minimum atomic E-state index is -0.479. The van der Waals surface area contributed by atoms with Crippen molar-refractivity contribution in [2.75, 3.05) is 5.84 Å². The smallest absolute Gasteiger partial charge is 0.297 e. The molecule has 0 saturated heterocycles. The van der Waals surface area contributed by atoms with E-state index in [4.69, 9.17) is 5.84 Å². The first-order valence-corrected chi connectivity index (χ1v) is 3.56. The first kappa shape index (κ1) is 7.53. The lowest BCUT2D eigenvalue weighted by Crippen LogP contribution is -2.10. The van der Waals surface area contributed by atoms with Gasteiger partial charge < -0.3 is 5.84 Å². The molecule has 0 amide bonds. The second-order valence-corrected chi connectivity index (χ2v) is 2.56. The van der Waals surface area contributed by atoms with Gasteiger partial charge in [-0.2, -0.15) is 9.89 Å². The molecule has 0 aliphatic rings. The predicted octanol–water partition coefficient (Wildman–Crippen LogP) is 0.658. The number of hydrogen-bond acceptors (Lipinski definition) is 4. The molecule has 66 valence electrons. The standard InChI is InChI=1S/C7H6N4O2/c8-10-7-5(4-9-10)2-1-3-6(7)11(12)13/h1-4H,8H2. The number of nitrogens with two attached hydrogens (primary N) is 1. The largest absolute Gasteiger partial charge is 0.322 e. The van der Waals surface area contributed by atoms with Gasteiger partial charge in [-0.1, -0.05) is 12.1 Å². The number of aromatic nitrogens is 2. The fourth-order valence-corrected chi connectivity index (χ4v) is 1.23. The van der Waals surface area contributed by atoms with Crippen molar-refractivity contribution < 1.29 is 4.92 Å². The number of para-hydroxylation sites is 1. The number of nitrogen functional groups attached to an aromatic ring is 1. The van der Waals surface area contributed by atoms with Crippen molar-refractivity contribution in [3.63, 3.8) is 0 Å². The maximum Gasteiger partial charge on any atom is 0.297 e. The van der Waals surface area contributed by atoms with E-state index < -0.39 is 4.92 Å². The van der Waals surface area contributed by atoms with Crippen molar-refractivity contribution in [1.29, 1.82) is 0 Å². The third-order valence-electron chi connectivity index (χ3n) is 1.79. The maximum atomic E-state index is 10.6. The van der Waals surface area contributed by atoms with E-state index in [1.165, 1.54) is 12.3 Å². The molecule has 0 fully saturated rings. The van der Waals surface area contributed by atoms with Gasteiger partial charge in [0, 0.05) is 11.5 Å². The Hall–Kier alpha value is -2.11. The van der Waals surface area contributed by atoms with Gasteiger partial charge in [0.05, 0.1) is 11.1 Å². The molecule has 0 saturated carbocycles. The average Bonchev–Trinajstić information content (AvgIpc) is 2.48. The number of rotatable bonds is 1. The van der Waals surface area contributed by atoms with Crippen molar-refractivity contribution in [3.8, 4) is 0 Å². The average molecular weight is 178 g/mol. The molecule has 6 heteroatoms. The summed E-state index contributed by atoms with van der Waals surface area (Å²) in [6, 6.07) is 4.72. The summed E-state index contributed by atoms with van der Waals surface area (Å²) in [5.41, 5.74) is 0.310. The Morgan fingerprint density at radius 2 is 2.31 bits per heavy atom. The van der Waals surface area contributed by atoms with E-state index in [0.29, 0.717) is 10.9 Å². The SMILES string of the molecule is Nn1ncc2cccc([N+](=O)[O-])c21. The Morgan fingerprint density at radius 3 is 3.00 bits per heavy atom. The number of nitro benzene ring substituents is 1. The molecule has 2 rings (SSSR count). The molecule has 0 unspecified atom stereocenters. The van der Waals surface area contributed by atoms with Crippen molar-refractivity contribution in [2.24, 2.45) is 0 Å². The lowest BCUT2D eigenvalue weighted by molar-refractivity contribution is -0.383. The molecule has 6 nitrogen and oxygen atoms in total. The first-order chi connectivity index (χ1) is 6.20. The van der Waals surface area contributed by atoms with Gasteiger partial charge in [0.2, 0.25) is 0 Å². The van der Waals surface area contributed by atoms with Crippen LogP contribution in [0, 0.1) is 10.1 Å². The summed E-state index contributed by atoms with van der Waals surface area (Å²) >= 11 is 0. The number of benzene rings is 1. The Bertz CT molecular complexity index is 476. The van der Waals surface area contributed by atoms with Gasteiger partial charge in [-0.15, -0.1) is 0 Å². The summed E-state index contributed by atoms with van der Waals surface area (Å²) in [6.07, 6.45) is 1.49. The summed E-state index contributed by atoms with van der Waals surface area (Å²) in [5.74, 6) is 5.42. The number of hydrogen-bond donors (Lipinski definition) is 1. The van der Waals surface area contributed by atoms with Crippen molar-refractivity contribution in [3.05, 3.63) is 34.5 Å². The van der Waals surface area contributed by atoms with Crippen LogP contribution in [0.4, 0.5) is 5.69 Å². The monoisotopic (exact) mass is 178 g/mol. The molecule has 2 N–H and O–H groups in total. The first-order valence-electron chi connectivity index (χ1n) is 3.56. The molecule has 1 heterocycles.